The zero-order chi connectivity index (χ0) is 12.3. The molecule has 5 heteroatoms. The molecule has 1 fully saturated rings. The Labute approximate surface area is 101 Å². The fourth-order valence-electron chi connectivity index (χ4n) is 2.11. The molecule has 5 nitrogen and oxygen atoms in total. The summed E-state index contributed by atoms with van der Waals surface area (Å²) in [5, 5.41) is 9.07. The quantitative estimate of drug-likeness (QED) is 0.824. The number of rotatable bonds is 4. The summed E-state index contributed by atoms with van der Waals surface area (Å²) in [6.07, 6.45) is 0.138. The smallest absolute Gasteiger partial charge is 0.129 e. The molecule has 0 aliphatic carbocycles. The Morgan fingerprint density at radius 1 is 1.29 bits per heavy atom. The van der Waals surface area contributed by atoms with E-state index in [1.165, 1.54) is 0 Å². The van der Waals surface area contributed by atoms with Gasteiger partial charge < -0.3 is 19.5 Å². The second kappa shape index (κ2) is 5.44. The first-order valence-electron chi connectivity index (χ1n) is 5.65. The topological polar surface area (TPSA) is 54.8 Å². The molecule has 0 radical (unpaired) electrons. The Morgan fingerprint density at radius 3 is 2.47 bits per heavy atom. The number of aliphatic hydroxyl groups excluding tert-OH is 1. The van der Waals surface area contributed by atoms with Crippen LogP contribution in [0.15, 0.2) is 18.2 Å². The van der Waals surface area contributed by atoms with Gasteiger partial charge in [-0.25, -0.2) is 4.98 Å². The van der Waals surface area contributed by atoms with Crippen molar-refractivity contribution in [3.05, 3.63) is 23.9 Å². The number of anilines is 1. The minimum atomic E-state index is -0.0386. The van der Waals surface area contributed by atoms with E-state index in [2.05, 4.69) is 9.88 Å². The van der Waals surface area contributed by atoms with Crippen LogP contribution in [0.25, 0.3) is 0 Å². The highest BCUT2D eigenvalue weighted by Gasteiger charge is 2.33. The molecule has 2 unspecified atom stereocenters. The fraction of sp³-hybridized carbons (Fsp3) is 0.583. The van der Waals surface area contributed by atoms with Crippen molar-refractivity contribution in [3.8, 4) is 0 Å². The van der Waals surface area contributed by atoms with Crippen molar-refractivity contribution >= 4 is 5.82 Å². The zero-order valence-electron chi connectivity index (χ0n) is 10.2. The summed E-state index contributed by atoms with van der Waals surface area (Å²) >= 11 is 0. The highest BCUT2D eigenvalue weighted by molar-refractivity contribution is 5.41. The Bertz CT molecular complexity index is 361. The average Bonchev–Trinajstić information content (AvgIpc) is 2.82. The van der Waals surface area contributed by atoms with Crippen LogP contribution in [0.1, 0.15) is 5.69 Å². The molecule has 0 bridgehead atoms. The Balaban J connectivity index is 2.13. The maximum absolute atomic E-state index is 9.07. The van der Waals surface area contributed by atoms with Crippen molar-refractivity contribution in [1.29, 1.82) is 0 Å². The van der Waals surface area contributed by atoms with Crippen molar-refractivity contribution in [3.63, 3.8) is 0 Å². The number of aliphatic hydroxyl groups is 1. The molecule has 94 valence electrons. The van der Waals surface area contributed by atoms with Gasteiger partial charge in [0.05, 0.1) is 12.3 Å². The monoisotopic (exact) mass is 238 g/mol. The Hall–Kier alpha value is -1.17. The summed E-state index contributed by atoms with van der Waals surface area (Å²) in [7, 11) is 3.38. The largest absolute Gasteiger partial charge is 0.390 e. The number of aromatic nitrogens is 1. The van der Waals surface area contributed by atoms with Crippen LogP contribution in [-0.2, 0) is 16.1 Å². The predicted octanol–water partition coefficient (Wildman–Crippen LogP) is 0.424. The molecule has 1 aliphatic rings. The molecule has 1 aliphatic heterocycles. The van der Waals surface area contributed by atoms with E-state index in [1.807, 2.05) is 12.1 Å². The number of ether oxygens (including phenoxy) is 2. The van der Waals surface area contributed by atoms with Gasteiger partial charge in [-0.05, 0) is 12.1 Å². The van der Waals surface area contributed by atoms with Crippen LogP contribution in [0.3, 0.4) is 0 Å². The standard InChI is InChI=1S/C12H18N2O3/c1-16-10-6-14(7-11(10)17-2)12-5-3-4-9(8-15)13-12/h3-5,10-11,15H,6-8H2,1-2H3. The van der Waals surface area contributed by atoms with Crippen LogP contribution in [0.2, 0.25) is 0 Å². The Morgan fingerprint density at radius 2 is 1.94 bits per heavy atom. The lowest BCUT2D eigenvalue weighted by Gasteiger charge is -2.17. The summed E-state index contributed by atoms with van der Waals surface area (Å²) in [6, 6.07) is 5.64. The molecule has 2 atom stereocenters. The number of pyridine rings is 1. The molecule has 0 spiro atoms. The molecule has 1 aromatic rings. The third-order valence-electron chi connectivity index (χ3n) is 3.10. The lowest BCUT2D eigenvalue weighted by Crippen LogP contribution is -2.27. The molecule has 17 heavy (non-hydrogen) atoms. The summed E-state index contributed by atoms with van der Waals surface area (Å²) in [4.78, 5) is 6.49. The van der Waals surface area contributed by atoms with Crippen LogP contribution in [-0.4, -0.2) is 49.6 Å². The molecule has 2 rings (SSSR count). The molecule has 2 heterocycles. The van der Waals surface area contributed by atoms with Crippen molar-refractivity contribution in [2.24, 2.45) is 0 Å². The van der Waals surface area contributed by atoms with Gasteiger partial charge in [0, 0.05) is 27.3 Å². The molecule has 1 saturated heterocycles. The highest BCUT2D eigenvalue weighted by Crippen LogP contribution is 2.21. The fourth-order valence-corrected chi connectivity index (χ4v) is 2.11. The molecule has 0 aromatic carbocycles. The van der Waals surface area contributed by atoms with Gasteiger partial charge in [0.2, 0.25) is 0 Å². The summed E-state index contributed by atoms with van der Waals surface area (Å²) in [5.41, 5.74) is 0.678. The van der Waals surface area contributed by atoms with Crippen LogP contribution < -0.4 is 4.90 Å². The normalized spacial score (nSPS) is 24.3. The lowest BCUT2D eigenvalue weighted by atomic mass is 10.3. The molecule has 0 saturated carbocycles. The van der Waals surface area contributed by atoms with Gasteiger partial charge in [-0.3, -0.25) is 0 Å². The summed E-state index contributed by atoms with van der Waals surface area (Å²) in [5.74, 6) is 0.859. The van der Waals surface area contributed by atoms with E-state index in [0.717, 1.165) is 18.9 Å². The van der Waals surface area contributed by atoms with E-state index in [9.17, 15) is 0 Å². The maximum Gasteiger partial charge on any atom is 0.129 e. The molecular formula is C12H18N2O3. The first kappa shape index (κ1) is 12.3. The van der Waals surface area contributed by atoms with Crippen LogP contribution in [0, 0.1) is 0 Å². The van der Waals surface area contributed by atoms with E-state index in [4.69, 9.17) is 14.6 Å². The van der Waals surface area contributed by atoms with E-state index in [0.29, 0.717) is 5.69 Å². The lowest BCUT2D eigenvalue weighted by molar-refractivity contribution is -0.00461. The van der Waals surface area contributed by atoms with Crippen molar-refractivity contribution in [2.75, 3.05) is 32.2 Å². The van der Waals surface area contributed by atoms with Gasteiger partial charge in [-0.1, -0.05) is 6.07 Å². The Kier molecular flexibility index (Phi) is 3.93. The zero-order valence-corrected chi connectivity index (χ0v) is 10.2. The third kappa shape index (κ3) is 2.57. The van der Waals surface area contributed by atoms with Gasteiger partial charge in [0.15, 0.2) is 0 Å². The number of hydrogen-bond donors (Lipinski definition) is 1. The van der Waals surface area contributed by atoms with Crippen LogP contribution >= 0.6 is 0 Å². The van der Waals surface area contributed by atoms with Gasteiger partial charge in [-0.15, -0.1) is 0 Å². The second-order valence-corrected chi connectivity index (χ2v) is 4.10. The third-order valence-corrected chi connectivity index (χ3v) is 3.10. The minimum absolute atomic E-state index is 0.0386. The van der Waals surface area contributed by atoms with E-state index in [-0.39, 0.29) is 18.8 Å². The average molecular weight is 238 g/mol. The SMILES string of the molecule is COC1CN(c2cccc(CO)n2)CC1OC. The van der Waals surface area contributed by atoms with Gasteiger partial charge in [0.25, 0.3) is 0 Å². The van der Waals surface area contributed by atoms with Gasteiger partial charge in [0.1, 0.15) is 18.0 Å². The number of hydrogen-bond acceptors (Lipinski definition) is 5. The number of nitrogens with zero attached hydrogens (tertiary/aromatic N) is 2. The molecule has 1 aromatic heterocycles. The summed E-state index contributed by atoms with van der Waals surface area (Å²) in [6.45, 7) is 1.48. The molecular weight excluding hydrogens is 220 g/mol. The van der Waals surface area contributed by atoms with E-state index >= 15 is 0 Å². The summed E-state index contributed by atoms with van der Waals surface area (Å²) < 4.78 is 10.8. The van der Waals surface area contributed by atoms with Gasteiger partial charge in [-0.2, -0.15) is 0 Å². The van der Waals surface area contributed by atoms with Gasteiger partial charge >= 0.3 is 0 Å². The van der Waals surface area contributed by atoms with Crippen molar-refractivity contribution < 1.29 is 14.6 Å². The predicted molar refractivity (Wildman–Crippen MR) is 64.0 cm³/mol. The van der Waals surface area contributed by atoms with E-state index < -0.39 is 0 Å². The second-order valence-electron chi connectivity index (χ2n) is 4.10. The number of methoxy groups -OCH3 is 2. The van der Waals surface area contributed by atoms with Crippen LogP contribution in [0.4, 0.5) is 5.82 Å². The van der Waals surface area contributed by atoms with Crippen molar-refractivity contribution in [2.45, 2.75) is 18.8 Å². The maximum atomic E-state index is 9.07. The first-order chi connectivity index (χ1) is 8.28. The van der Waals surface area contributed by atoms with Crippen LogP contribution in [0.5, 0.6) is 0 Å². The minimum Gasteiger partial charge on any atom is -0.390 e. The van der Waals surface area contributed by atoms with Crippen molar-refractivity contribution in [1.82, 2.24) is 4.98 Å². The highest BCUT2D eigenvalue weighted by atomic mass is 16.5. The molecule has 1 N–H and O–H groups in total. The molecule has 0 amide bonds. The van der Waals surface area contributed by atoms with E-state index in [1.54, 1.807) is 20.3 Å². The first-order valence-corrected chi connectivity index (χ1v) is 5.65.